The summed E-state index contributed by atoms with van der Waals surface area (Å²) < 4.78 is 47.5. The average molecular weight is 692 g/mol. The highest BCUT2D eigenvalue weighted by Crippen LogP contribution is 2.42. The summed E-state index contributed by atoms with van der Waals surface area (Å²) in [5, 5.41) is 10.2. The first-order valence-electron chi connectivity index (χ1n) is 15.2. The second-order valence-corrected chi connectivity index (χ2v) is 12.4. The van der Waals surface area contributed by atoms with E-state index in [9.17, 15) is 14.7 Å². The van der Waals surface area contributed by atoms with Gasteiger partial charge in [0.1, 0.15) is 17.4 Å². The van der Waals surface area contributed by atoms with E-state index in [-0.39, 0.29) is 57.0 Å². The molecule has 1 N–H and O–H groups in total. The molecular weight excluding hydrogens is 657 g/mol. The normalized spacial score (nSPS) is 17.0. The predicted molar refractivity (Wildman–Crippen MR) is 174 cm³/mol. The lowest BCUT2D eigenvalue weighted by atomic mass is 9.96. The van der Waals surface area contributed by atoms with E-state index < -0.39 is 23.5 Å². The molecule has 47 heavy (non-hydrogen) atoms. The van der Waals surface area contributed by atoms with E-state index in [4.69, 9.17) is 37.4 Å². The van der Waals surface area contributed by atoms with Gasteiger partial charge in [0.15, 0.2) is 6.73 Å². The molecule has 0 aromatic heterocycles. The lowest BCUT2D eigenvalue weighted by Crippen LogP contribution is -2.47. The topological polar surface area (TPSA) is 95.0 Å². The first-order valence-corrected chi connectivity index (χ1v) is 16.0. The largest absolute Gasteiger partial charge is 0.478 e. The van der Waals surface area contributed by atoms with Crippen molar-refractivity contribution in [2.24, 2.45) is 0 Å². The van der Waals surface area contributed by atoms with Gasteiger partial charge in [-0.3, -0.25) is 9.69 Å². The number of rotatable bonds is 8. The third-order valence-electron chi connectivity index (χ3n) is 8.73. The zero-order chi connectivity index (χ0) is 33.2. The van der Waals surface area contributed by atoms with Gasteiger partial charge >= 0.3 is 5.97 Å². The van der Waals surface area contributed by atoms with Gasteiger partial charge in [-0.05, 0) is 30.3 Å². The number of aromatic carboxylic acids is 1. The summed E-state index contributed by atoms with van der Waals surface area (Å²) in [7, 11) is 1.68. The molecular formula is C33H34Cl2F2N4O6. The Balaban J connectivity index is 1.25. The van der Waals surface area contributed by atoms with Crippen LogP contribution >= 0.6 is 23.2 Å². The number of ether oxygens (including phenoxy) is 3. The second-order valence-electron chi connectivity index (χ2n) is 11.5. The van der Waals surface area contributed by atoms with Gasteiger partial charge in [-0.25, -0.2) is 13.6 Å². The van der Waals surface area contributed by atoms with Crippen LogP contribution in [0.1, 0.15) is 26.3 Å². The molecule has 2 saturated heterocycles. The summed E-state index contributed by atoms with van der Waals surface area (Å²) in [6.45, 7) is 6.06. The number of hydrogen-bond acceptors (Lipinski definition) is 8. The number of anilines is 2. The number of hydrogen-bond donors (Lipinski definition) is 1. The molecule has 0 unspecified atom stereocenters. The number of morpholine rings is 1. The van der Waals surface area contributed by atoms with Crippen molar-refractivity contribution in [3.8, 4) is 16.9 Å². The zero-order valence-electron chi connectivity index (χ0n) is 25.7. The number of fused-ring (bicyclic) bond motifs is 1. The third-order valence-corrected chi connectivity index (χ3v) is 9.32. The van der Waals surface area contributed by atoms with Crippen molar-refractivity contribution in [3.05, 3.63) is 74.8 Å². The van der Waals surface area contributed by atoms with Gasteiger partial charge in [-0.15, -0.1) is 0 Å². The van der Waals surface area contributed by atoms with E-state index in [2.05, 4.69) is 9.80 Å². The van der Waals surface area contributed by atoms with Gasteiger partial charge in [-0.1, -0.05) is 29.3 Å². The number of carboxylic acids is 1. The molecule has 3 aromatic carbocycles. The minimum absolute atomic E-state index is 0.0183. The Morgan fingerprint density at radius 1 is 0.936 bits per heavy atom. The smallest absolute Gasteiger partial charge is 0.337 e. The van der Waals surface area contributed by atoms with Crippen molar-refractivity contribution >= 4 is 46.5 Å². The zero-order valence-corrected chi connectivity index (χ0v) is 27.3. The minimum atomic E-state index is -1.30. The fraction of sp³-hybridized carbons (Fsp3) is 0.394. The maximum absolute atomic E-state index is 15.5. The molecule has 1 amide bonds. The Kier molecular flexibility index (Phi) is 10.0. The highest BCUT2D eigenvalue weighted by atomic mass is 35.5. The van der Waals surface area contributed by atoms with Gasteiger partial charge in [0, 0.05) is 69.7 Å². The van der Waals surface area contributed by atoms with Crippen LogP contribution in [0.4, 0.5) is 20.2 Å². The third kappa shape index (κ3) is 6.84. The number of carboxylic acid groups (broad SMARTS) is 1. The number of piperazine rings is 1. The molecule has 250 valence electrons. The number of carbonyl (C=O) groups is 2. The van der Waals surface area contributed by atoms with E-state index in [1.165, 1.54) is 23.1 Å². The second kappa shape index (κ2) is 14.2. The van der Waals surface area contributed by atoms with E-state index >= 15 is 8.78 Å². The molecule has 0 aliphatic carbocycles. The van der Waals surface area contributed by atoms with E-state index in [0.29, 0.717) is 38.5 Å². The summed E-state index contributed by atoms with van der Waals surface area (Å²) in [6, 6.07) is 8.34. The van der Waals surface area contributed by atoms with Gasteiger partial charge in [0.05, 0.1) is 58.8 Å². The Morgan fingerprint density at radius 2 is 1.64 bits per heavy atom. The van der Waals surface area contributed by atoms with Crippen LogP contribution in [0.25, 0.3) is 11.1 Å². The van der Waals surface area contributed by atoms with Gasteiger partial charge < -0.3 is 34.0 Å². The predicted octanol–water partition coefficient (Wildman–Crippen LogP) is 5.23. The molecule has 2 fully saturated rings. The first kappa shape index (κ1) is 33.2. The highest BCUT2D eigenvalue weighted by Gasteiger charge is 2.32. The summed E-state index contributed by atoms with van der Waals surface area (Å²) in [5.74, 6) is -3.37. The van der Waals surface area contributed by atoms with E-state index in [0.717, 1.165) is 44.5 Å². The van der Waals surface area contributed by atoms with Crippen LogP contribution in [0.15, 0.2) is 36.4 Å². The first-order chi connectivity index (χ1) is 22.7. The van der Waals surface area contributed by atoms with Gasteiger partial charge in [-0.2, -0.15) is 0 Å². The van der Waals surface area contributed by atoms with Crippen LogP contribution in [-0.2, 0) is 16.0 Å². The highest BCUT2D eigenvalue weighted by molar-refractivity contribution is 6.40. The van der Waals surface area contributed by atoms with Crippen LogP contribution < -0.4 is 14.5 Å². The fourth-order valence-electron chi connectivity index (χ4n) is 6.21. The van der Waals surface area contributed by atoms with Crippen LogP contribution in [0, 0.1) is 11.6 Å². The van der Waals surface area contributed by atoms with Crippen molar-refractivity contribution in [2.75, 3.05) is 89.3 Å². The molecule has 0 atom stereocenters. The van der Waals surface area contributed by atoms with Crippen LogP contribution in [0.5, 0.6) is 5.75 Å². The van der Waals surface area contributed by atoms with E-state index in [1.54, 1.807) is 24.1 Å². The molecule has 0 spiro atoms. The number of amides is 1. The summed E-state index contributed by atoms with van der Waals surface area (Å²) in [5.41, 5.74) is 1.09. The molecule has 6 rings (SSSR count). The number of nitrogens with zero attached hydrogens (tertiary/aromatic N) is 4. The van der Waals surface area contributed by atoms with Crippen LogP contribution in [0.3, 0.4) is 0 Å². The number of methoxy groups -OCH3 is 1. The van der Waals surface area contributed by atoms with Gasteiger partial charge in [0.2, 0.25) is 0 Å². The number of carbonyl (C=O) groups excluding carboxylic acids is 1. The quantitative estimate of drug-likeness (QED) is 0.341. The molecule has 3 heterocycles. The standard InChI is InChI=1S/C33H34Cl2F2N4O6/c1-45-11-8-38-4-6-39(7-5-38)21-14-24(34)30(25(35)15-21)32(42)41-18-20-2-3-26(36)29(31(20)47-19-41)22-17-28(40-9-12-46-13-10-40)23(33(43)44)16-27(22)37/h2-3,14-17H,4-13,18-19H2,1H3,(H,43,44). The summed E-state index contributed by atoms with van der Waals surface area (Å²) in [6.07, 6.45) is 0. The Labute approximate surface area is 280 Å². The van der Waals surface area contributed by atoms with Crippen molar-refractivity contribution in [3.63, 3.8) is 0 Å². The molecule has 14 heteroatoms. The molecule has 10 nitrogen and oxygen atoms in total. The molecule has 3 aliphatic heterocycles. The van der Waals surface area contributed by atoms with Crippen LogP contribution in [0.2, 0.25) is 10.0 Å². The molecule has 3 aromatic rings. The molecule has 0 radical (unpaired) electrons. The average Bonchev–Trinajstić information content (AvgIpc) is 3.07. The number of halogens is 4. The Bertz CT molecular complexity index is 1660. The monoisotopic (exact) mass is 690 g/mol. The van der Waals surface area contributed by atoms with Crippen molar-refractivity contribution in [1.29, 1.82) is 0 Å². The van der Waals surface area contributed by atoms with Crippen molar-refractivity contribution in [1.82, 2.24) is 9.80 Å². The lowest BCUT2D eigenvalue weighted by molar-refractivity contribution is 0.0515. The maximum atomic E-state index is 15.5. The maximum Gasteiger partial charge on any atom is 0.337 e. The lowest BCUT2D eigenvalue weighted by Gasteiger charge is -2.36. The van der Waals surface area contributed by atoms with Crippen molar-refractivity contribution < 1.29 is 37.7 Å². The van der Waals surface area contributed by atoms with Crippen molar-refractivity contribution in [2.45, 2.75) is 6.54 Å². The minimum Gasteiger partial charge on any atom is -0.478 e. The Hall–Kier alpha value is -3.68. The Morgan fingerprint density at radius 3 is 2.30 bits per heavy atom. The molecule has 3 aliphatic rings. The summed E-state index contributed by atoms with van der Waals surface area (Å²) >= 11 is 13.3. The van der Waals surface area contributed by atoms with E-state index in [1.807, 2.05) is 0 Å². The van der Waals surface area contributed by atoms with Crippen LogP contribution in [-0.4, -0.2) is 106 Å². The molecule has 0 saturated carbocycles. The fourth-order valence-corrected chi connectivity index (χ4v) is 6.85. The summed E-state index contributed by atoms with van der Waals surface area (Å²) in [4.78, 5) is 33.3. The number of benzene rings is 3. The molecule has 0 bridgehead atoms. The van der Waals surface area contributed by atoms with Gasteiger partial charge in [0.25, 0.3) is 5.91 Å². The SMILES string of the molecule is COCCN1CCN(c2cc(Cl)c(C(=O)N3COc4c(ccc(F)c4-c4cc(N5CCOCC5)c(C(=O)O)cc4F)C3)c(Cl)c2)CC1.